The Bertz CT molecular complexity index is 328. The van der Waals surface area contributed by atoms with Crippen LogP contribution in [0.15, 0.2) is 23.2 Å². The number of hydrogen-bond acceptors (Lipinski definition) is 3. The number of nitrogens with one attached hydrogen (secondary N) is 1. The molecule has 0 saturated carbocycles. The molecule has 76 valence electrons. The molecule has 3 nitrogen and oxygen atoms in total. The number of aromatic nitrogens is 1. The fourth-order valence-corrected chi connectivity index (χ4v) is 1.82. The lowest BCUT2D eigenvalue weighted by molar-refractivity contribution is 1.16. The number of rotatable bonds is 2. The SMILES string of the molecule is CN=C(NC)SCc1cccc(Cl)n1. The lowest BCUT2D eigenvalue weighted by Gasteiger charge is -2.03. The summed E-state index contributed by atoms with van der Waals surface area (Å²) in [5, 5.41) is 4.41. The van der Waals surface area contributed by atoms with Gasteiger partial charge in [0.05, 0.1) is 5.69 Å². The van der Waals surface area contributed by atoms with Crippen molar-refractivity contribution in [1.29, 1.82) is 0 Å². The average Bonchev–Trinajstić information content (AvgIpc) is 2.19. The van der Waals surface area contributed by atoms with Crippen molar-refractivity contribution in [2.45, 2.75) is 5.75 Å². The van der Waals surface area contributed by atoms with Crippen molar-refractivity contribution in [2.24, 2.45) is 4.99 Å². The zero-order valence-corrected chi connectivity index (χ0v) is 9.69. The lowest BCUT2D eigenvalue weighted by atomic mass is 10.4. The molecule has 0 aliphatic carbocycles. The van der Waals surface area contributed by atoms with Crippen molar-refractivity contribution in [3.05, 3.63) is 29.0 Å². The normalized spacial score (nSPS) is 11.5. The summed E-state index contributed by atoms with van der Waals surface area (Å²) in [4.78, 5) is 8.23. The topological polar surface area (TPSA) is 37.3 Å². The van der Waals surface area contributed by atoms with Gasteiger partial charge in [0.2, 0.25) is 0 Å². The van der Waals surface area contributed by atoms with Crippen LogP contribution in [0.3, 0.4) is 0 Å². The largest absolute Gasteiger partial charge is 0.368 e. The van der Waals surface area contributed by atoms with Crippen molar-refractivity contribution in [2.75, 3.05) is 14.1 Å². The van der Waals surface area contributed by atoms with E-state index in [1.807, 2.05) is 19.2 Å². The van der Waals surface area contributed by atoms with Crippen LogP contribution >= 0.6 is 23.4 Å². The molecule has 0 bridgehead atoms. The minimum atomic E-state index is 0.530. The van der Waals surface area contributed by atoms with Gasteiger partial charge in [-0.2, -0.15) is 0 Å². The molecule has 0 aliphatic heterocycles. The molecule has 1 rings (SSSR count). The minimum Gasteiger partial charge on any atom is -0.368 e. The lowest BCUT2D eigenvalue weighted by Crippen LogP contribution is -2.14. The van der Waals surface area contributed by atoms with Crippen LogP contribution in [-0.4, -0.2) is 24.2 Å². The monoisotopic (exact) mass is 229 g/mol. The van der Waals surface area contributed by atoms with Crippen molar-refractivity contribution >= 4 is 28.5 Å². The van der Waals surface area contributed by atoms with Crippen LogP contribution in [0.25, 0.3) is 0 Å². The van der Waals surface area contributed by atoms with Crippen LogP contribution in [0.5, 0.6) is 0 Å². The van der Waals surface area contributed by atoms with E-state index in [4.69, 9.17) is 11.6 Å². The Morgan fingerprint density at radius 2 is 2.43 bits per heavy atom. The van der Waals surface area contributed by atoms with Gasteiger partial charge in [0.25, 0.3) is 0 Å². The fraction of sp³-hybridized carbons (Fsp3) is 0.333. The van der Waals surface area contributed by atoms with Gasteiger partial charge in [-0.3, -0.25) is 4.99 Å². The van der Waals surface area contributed by atoms with Gasteiger partial charge in [0.1, 0.15) is 5.15 Å². The van der Waals surface area contributed by atoms with Crippen molar-refractivity contribution < 1.29 is 0 Å². The van der Waals surface area contributed by atoms with E-state index in [9.17, 15) is 0 Å². The van der Waals surface area contributed by atoms with Crippen LogP contribution in [-0.2, 0) is 5.75 Å². The third-order valence-corrected chi connectivity index (χ3v) is 2.86. The first-order chi connectivity index (χ1) is 6.76. The van der Waals surface area contributed by atoms with E-state index in [2.05, 4.69) is 15.3 Å². The second kappa shape index (κ2) is 5.88. The Balaban J connectivity index is 2.53. The Hall–Kier alpha value is -0.740. The number of amidine groups is 1. The molecule has 0 spiro atoms. The molecule has 5 heteroatoms. The number of aliphatic imine (C=N–C) groups is 1. The van der Waals surface area contributed by atoms with E-state index in [-0.39, 0.29) is 0 Å². The molecule has 0 fully saturated rings. The standard InChI is InChI=1S/C9H12ClN3S/c1-11-9(12-2)14-6-7-4-3-5-8(10)13-7/h3-5H,6H2,1-2H3,(H,11,12). The summed E-state index contributed by atoms with van der Waals surface area (Å²) < 4.78 is 0. The number of nitrogens with zero attached hydrogens (tertiary/aromatic N) is 2. The third-order valence-electron chi connectivity index (χ3n) is 1.55. The van der Waals surface area contributed by atoms with Gasteiger partial charge in [-0.1, -0.05) is 29.4 Å². The zero-order valence-electron chi connectivity index (χ0n) is 8.12. The molecule has 1 aromatic rings. The predicted octanol–water partition coefficient (Wildman–Crippen LogP) is 2.17. The van der Waals surface area contributed by atoms with Gasteiger partial charge in [-0.05, 0) is 12.1 Å². The molecule has 0 radical (unpaired) electrons. The number of pyridine rings is 1. The second-order valence-electron chi connectivity index (χ2n) is 2.52. The van der Waals surface area contributed by atoms with E-state index in [0.717, 1.165) is 16.6 Å². The highest BCUT2D eigenvalue weighted by atomic mass is 35.5. The van der Waals surface area contributed by atoms with Gasteiger partial charge < -0.3 is 5.32 Å². The number of hydrogen-bond donors (Lipinski definition) is 1. The summed E-state index contributed by atoms with van der Waals surface area (Å²) in [5.41, 5.74) is 0.957. The van der Waals surface area contributed by atoms with E-state index in [1.54, 1.807) is 24.9 Å². The van der Waals surface area contributed by atoms with Crippen LogP contribution in [0, 0.1) is 0 Å². The highest BCUT2D eigenvalue weighted by Gasteiger charge is 1.99. The smallest absolute Gasteiger partial charge is 0.156 e. The Morgan fingerprint density at radius 3 is 3.00 bits per heavy atom. The minimum absolute atomic E-state index is 0.530. The zero-order chi connectivity index (χ0) is 10.4. The van der Waals surface area contributed by atoms with Crippen molar-refractivity contribution in [1.82, 2.24) is 10.3 Å². The summed E-state index contributed by atoms with van der Waals surface area (Å²) in [6.07, 6.45) is 0. The van der Waals surface area contributed by atoms with Gasteiger partial charge in [-0.25, -0.2) is 4.98 Å². The molecule has 0 amide bonds. The average molecular weight is 230 g/mol. The van der Waals surface area contributed by atoms with Gasteiger partial charge in [-0.15, -0.1) is 0 Å². The maximum Gasteiger partial charge on any atom is 0.156 e. The first-order valence-corrected chi connectivity index (χ1v) is 5.51. The Morgan fingerprint density at radius 1 is 1.64 bits per heavy atom. The highest BCUT2D eigenvalue weighted by molar-refractivity contribution is 8.13. The second-order valence-corrected chi connectivity index (χ2v) is 3.87. The Kier molecular flexibility index (Phi) is 4.76. The molecule has 0 saturated heterocycles. The first-order valence-electron chi connectivity index (χ1n) is 4.15. The molecule has 0 unspecified atom stereocenters. The maximum atomic E-state index is 5.76. The molecule has 0 atom stereocenters. The molecule has 0 aromatic carbocycles. The summed E-state index contributed by atoms with van der Waals surface area (Å²) in [7, 11) is 3.60. The van der Waals surface area contributed by atoms with Gasteiger partial charge in [0, 0.05) is 19.8 Å². The molecular formula is C9H12ClN3S. The number of thioether (sulfide) groups is 1. The van der Waals surface area contributed by atoms with E-state index < -0.39 is 0 Å². The quantitative estimate of drug-likeness (QED) is 0.480. The highest BCUT2D eigenvalue weighted by Crippen LogP contribution is 2.12. The molecule has 1 N–H and O–H groups in total. The first kappa shape index (κ1) is 11.3. The summed E-state index contributed by atoms with van der Waals surface area (Å²) >= 11 is 7.36. The Labute approximate surface area is 93.0 Å². The summed E-state index contributed by atoms with van der Waals surface area (Å²) in [5.74, 6) is 0.772. The van der Waals surface area contributed by atoms with Crippen LogP contribution < -0.4 is 5.32 Å². The van der Waals surface area contributed by atoms with Crippen LogP contribution in [0.2, 0.25) is 5.15 Å². The molecule has 1 heterocycles. The van der Waals surface area contributed by atoms with E-state index >= 15 is 0 Å². The predicted molar refractivity (Wildman–Crippen MR) is 63.0 cm³/mol. The third kappa shape index (κ3) is 3.55. The van der Waals surface area contributed by atoms with E-state index in [0.29, 0.717) is 5.15 Å². The van der Waals surface area contributed by atoms with Crippen molar-refractivity contribution in [3.8, 4) is 0 Å². The molecule has 0 aliphatic rings. The molecular weight excluding hydrogens is 218 g/mol. The fourth-order valence-electron chi connectivity index (χ4n) is 0.922. The summed E-state index contributed by atoms with van der Waals surface area (Å²) in [6, 6.07) is 5.61. The summed E-state index contributed by atoms with van der Waals surface area (Å²) in [6.45, 7) is 0. The molecule has 1 aromatic heterocycles. The maximum absolute atomic E-state index is 5.76. The van der Waals surface area contributed by atoms with E-state index in [1.165, 1.54) is 0 Å². The van der Waals surface area contributed by atoms with Gasteiger partial charge in [0.15, 0.2) is 5.17 Å². The van der Waals surface area contributed by atoms with Crippen LogP contribution in [0.1, 0.15) is 5.69 Å². The molecule has 14 heavy (non-hydrogen) atoms. The number of halogens is 1. The van der Waals surface area contributed by atoms with Gasteiger partial charge >= 0.3 is 0 Å². The van der Waals surface area contributed by atoms with Crippen molar-refractivity contribution in [3.63, 3.8) is 0 Å². The van der Waals surface area contributed by atoms with Crippen LogP contribution in [0.4, 0.5) is 0 Å².